The monoisotopic (exact) mass is 677 g/mol. The Kier molecular flexibility index (Phi) is 16.0. The van der Waals surface area contributed by atoms with E-state index in [-0.39, 0.29) is 54.5 Å². The summed E-state index contributed by atoms with van der Waals surface area (Å²) in [5.41, 5.74) is -0.550. The van der Waals surface area contributed by atoms with E-state index in [4.69, 9.17) is 23.7 Å². The third kappa shape index (κ3) is 12.4. The van der Waals surface area contributed by atoms with Crippen molar-refractivity contribution in [1.82, 2.24) is 15.5 Å². The summed E-state index contributed by atoms with van der Waals surface area (Å²) in [6.45, 7) is 19.1. The normalized spacial score (nSPS) is 18.8. The summed E-state index contributed by atoms with van der Waals surface area (Å²) in [6.07, 6.45) is 1.93. The van der Waals surface area contributed by atoms with Gasteiger partial charge in [0.2, 0.25) is 11.8 Å². The highest BCUT2D eigenvalue weighted by Gasteiger charge is 2.52. The molecule has 1 aromatic rings. The summed E-state index contributed by atoms with van der Waals surface area (Å²) in [6, 6.07) is 5.69. The molecule has 2 N–H and O–H groups in total. The Balaban J connectivity index is 2.43. The van der Waals surface area contributed by atoms with Gasteiger partial charge in [-0.1, -0.05) is 33.8 Å². The van der Waals surface area contributed by atoms with Crippen molar-refractivity contribution in [2.24, 2.45) is 23.7 Å². The number of hydrogen-bond donors (Lipinski definition) is 2. The zero-order chi connectivity index (χ0) is 36.2. The summed E-state index contributed by atoms with van der Waals surface area (Å²) in [7, 11) is 4.88. The number of methoxy groups -OCH3 is 2. The Bertz CT molecular complexity index is 1180. The van der Waals surface area contributed by atoms with E-state index in [0.717, 1.165) is 18.4 Å². The first-order valence-corrected chi connectivity index (χ1v) is 17.4. The van der Waals surface area contributed by atoms with Crippen LogP contribution in [0.3, 0.4) is 0 Å². The number of rotatable bonds is 18. The minimum Gasteiger partial charge on any atom is -0.493 e. The second kappa shape index (κ2) is 18.6. The van der Waals surface area contributed by atoms with Gasteiger partial charge in [0.15, 0.2) is 11.5 Å². The lowest BCUT2D eigenvalue weighted by molar-refractivity contribution is -0.129. The summed E-state index contributed by atoms with van der Waals surface area (Å²) >= 11 is 0. The van der Waals surface area contributed by atoms with E-state index in [9.17, 15) is 14.4 Å². The molecule has 0 aromatic heterocycles. The largest absolute Gasteiger partial charge is 0.493 e. The molecular formula is C37H63N3O8. The average Bonchev–Trinajstić information content (AvgIpc) is 3.24. The molecule has 1 aromatic carbocycles. The molecule has 1 heterocycles. The minimum atomic E-state index is -0.959. The molecule has 0 radical (unpaired) electrons. The second-order valence-electron chi connectivity index (χ2n) is 14.9. The van der Waals surface area contributed by atoms with Crippen LogP contribution in [0.4, 0.5) is 4.79 Å². The van der Waals surface area contributed by atoms with Crippen LogP contribution in [0.15, 0.2) is 18.2 Å². The third-order valence-electron chi connectivity index (χ3n) is 8.89. The van der Waals surface area contributed by atoms with Gasteiger partial charge in [-0.05, 0) is 89.3 Å². The second-order valence-corrected chi connectivity index (χ2v) is 14.9. The van der Waals surface area contributed by atoms with E-state index in [0.29, 0.717) is 37.6 Å². The third-order valence-corrected chi connectivity index (χ3v) is 8.89. The Morgan fingerprint density at radius 1 is 1.00 bits per heavy atom. The minimum absolute atomic E-state index is 0.00967. The maximum atomic E-state index is 13.9. The molecule has 0 bridgehead atoms. The molecule has 3 amide bonds. The van der Waals surface area contributed by atoms with Gasteiger partial charge in [0.05, 0.1) is 25.9 Å². The van der Waals surface area contributed by atoms with E-state index in [1.165, 1.54) is 0 Å². The molecule has 1 fully saturated rings. The number of carbonyl (C=O) groups is 3. The van der Waals surface area contributed by atoms with E-state index in [1.54, 1.807) is 26.2 Å². The van der Waals surface area contributed by atoms with Crippen LogP contribution in [0.25, 0.3) is 0 Å². The molecule has 11 nitrogen and oxygen atoms in total. The SMILES string of the molecule is CNC(=O)CCNC(=O)[C@@H](C[C@@H]1OC(C)(C)N(C(=O)OC(C)(C)C)[C@H]1C[C@H](Cc1ccc(OC)c(OCCCOC)c1)C(C)C)C(C)C. The first kappa shape index (κ1) is 41.1. The Hall–Kier alpha value is -3.05. The van der Waals surface area contributed by atoms with Crippen LogP contribution in [0.5, 0.6) is 11.5 Å². The summed E-state index contributed by atoms with van der Waals surface area (Å²) < 4.78 is 29.4. The van der Waals surface area contributed by atoms with Crippen LogP contribution >= 0.6 is 0 Å². The van der Waals surface area contributed by atoms with Gasteiger partial charge in [-0.2, -0.15) is 0 Å². The smallest absolute Gasteiger partial charge is 0.412 e. The average molecular weight is 678 g/mol. The molecule has 4 atom stereocenters. The van der Waals surface area contributed by atoms with Crippen molar-refractivity contribution in [3.63, 3.8) is 0 Å². The molecule has 274 valence electrons. The Labute approximate surface area is 289 Å². The molecule has 0 aliphatic carbocycles. The summed E-state index contributed by atoms with van der Waals surface area (Å²) in [5.74, 6) is 1.17. The molecular weight excluding hydrogens is 614 g/mol. The lowest BCUT2D eigenvalue weighted by atomic mass is 9.80. The fourth-order valence-corrected chi connectivity index (χ4v) is 6.24. The van der Waals surface area contributed by atoms with Crippen molar-refractivity contribution < 1.29 is 38.1 Å². The van der Waals surface area contributed by atoms with Gasteiger partial charge in [-0.3, -0.25) is 14.5 Å². The lowest BCUT2D eigenvalue weighted by Gasteiger charge is -2.37. The molecule has 0 spiro atoms. The van der Waals surface area contributed by atoms with Gasteiger partial charge in [0.1, 0.15) is 11.3 Å². The maximum Gasteiger partial charge on any atom is 0.412 e. The number of nitrogens with zero attached hydrogens (tertiary/aromatic N) is 1. The highest BCUT2D eigenvalue weighted by molar-refractivity contribution is 5.80. The molecule has 1 aliphatic heterocycles. The van der Waals surface area contributed by atoms with E-state index in [2.05, 4.69) is 30.5 Å². The van der Waals surface area contributed by atoms with Gasteiger partial charge >= 0.3 is 6.09 Å². The van der Waals surface area contributed by atoms with Gasteiger partial charge < -0.3 is 34.3 Å². The number of benzene rings is 1. The standard InChI is InChI=1S/C37H63N3O8/c1-24(2)27(20-26-14-15-30(45-12)32(21-26)46-19-13-18-44-11)22-29-31(47-37(8,9)40(29)35(43)48-36(5,6)7)23-28(25(3)4)34(42)39-17-16-33(41)38-10/h14-15,21,24-25,27-29,31H,13,16-20,22-23H2,1-12H3,(H,38,41)(H,39,42)/t27-,28-,29-,31-/m0/s1. The molecule has 11 heteroatoms. The van der Waals surface area contributed by atoms with Crippen LogP contribution in [0.1, 0.15) is 93.6 Å². The van der Waals surface area contributed by atoms with E-state index in [1.807, 2.05) is 60.6 Å². The number of amides is 3. The molecule has 1 saturated heterocycles. The molecule has 2 rings (SSSR count). The topological polar surface area (TPSA) is 125 Å². The van der Waals surface area contributed by atoms with Gasteiger partial charge in [0.25, 0.3) is 0 Å². The maximum absolute atomic E-state index is 13.9. The summed E-state index contributed by atoms with van der Waals surface area (Å²) in [4.78, 5) is 40.8. The van der Waals surface area contributed by atoms with Gasteiger partial charge in [-0.25, -0.2) is 4.79 Å². The van der Waals surface area contributed by atoms with Crippen LogP contribution in [0, 0.1) is 23.7 Å². The predicted octanol–water partition coefficient (Wildman–Crippen LogP) is 5.97. The molecule has 1 aliphatic rings. The highest BCUT2D eigenvalue weighted by Crippen LogP contribution is 2.41. The Morgan fingerprint density at radius 3 is 2.25 bits per heavy atom. The fraction of sp³-hybridized carbons (Fsp3) is 0.757. The van der Waals surface area contributed by atoms with Crippen molar-refractivity contribution >= 4 is 17.9 Å². The fourth-order valence-electron chi connectivity index (χ4n) is 6.24. The van der Waals surface area contributed by atoms with Crippen LogP contribution < -0.4 is 20.1 Å². The highest BCUT2D eigenvalue weighted by atomic mass is 16.6. The van der Waals surface area contributed by atoms with Crippen molar-refractivity contribution in [2.75, 3.05) is 41.0 Å². The van der Waals surface area contributed by atoms with Gasteiger partial charge in [0, 0.05) is 46.1 Å². The van der Waals surface area contributed by atoms with Crippen molar-refractivity contribution in [3.8, 4) is 11.5 Å². The quantitative estimate of drug-likeness (QED) is 0.182. The molecule has 0 unspecified atom stereocenters. The van der Waals surface area contributed by atoms with Crippen molar-refractivity contribution in [3.05, 3.63) is 23.8 Å². The van der Waals surface area contributed by atoms with E-state index >= 15 is 0 Å². The lowest BCUT2D eigenvalue weighted by Crippen LogP contribution is -2.51. The van der Waals surface area contributed by atoms with E-state index < -0.39 is 23.5 Å². The number of ether oxygens (including phenoxy) is 5. The predicted molar refractivity (Wildman–Crippen MR) is 187 cm³/mol. The first-order valence-electron chi connectivity index (χ1n) is 17.4. The van der Waals surface area contributed by atoms with Crippen LogP contribution in [-0.4, -0.2) is 87.3 Å². The van der Waals surface area contributed by atoms with Gasteiger partial charge in [-0.15, -0.1) is 0 Å². The first-order chi connectivity index (χ1) is 22.4. The Morgan fingerprint density at radius 2 is 1.69 bits per heavy atom. The number of carbonyl (C=O) groups excluding carboxylic acids is 3. The van der Waals surface area contributed by atoms with Crippen LogP contribution in [0.2, 0.25) is 0 Å². The zero-order valence-corrected chi connectivity index (χ0v) is 31.6. The number of hydrogen-bond acceptors (Lipinski definition) is 8. The summed E-state index contributed by atoms with van der Waals surface area (Å²) in [5, 5.41) is 5.53. The van der Waals surface area contributed by atoms with Crippen molar-refractivity contribution in [2.45, 2.75) is 118 Å². The zero-order valence-electron chi connectivity index (χ0n) is 31.6. The molecule has 0 saturated carbocycles. The van der Waals surface area contributed by atoms with Crippen LogP contribution in [-0.2, 0) is 30.2 Å². The number of nitrogens with one attached hydrogen (secondary N) is 2. The molecule has 48 heavy (non-hydrogen) atoms. The van der Waals surface area contributed by atoms with Crippen molar-refractivity contribution in [1.29, 1.82) is 0 Å².